The van der Waals surface area contributed by atoms with Crippen LogP contribution in [0.5, 0.6) is 0 Å². The van der Waals surface area contributed by atoms with Gasteiger partial charge in [0.15, 0.2) is 11.4 Å². The number of halogens is 4. The van der Waals surface area contributed by atoms with Crippen LogP contribution >= 0.6 is 0 Å². The molecule has 0 unspecified atom stereocenters. The van der Waals surface area contributed by atoms with Crippen LogP contribution in [-0.2, 0) is 11.6 Å². The van der Waals surface area contributed by atoms with Crippen molar-refractivity contribution in [2.45, 2.75) is 32.4 Å². The third kappa shape index (κ3) is 4.65. The highest BCUT2D eigenvalue weighted by atomic mass is 19.4. The summed E-state index contributed by atoms with van der Waals surface area (Å²) < 4.78 is 60.1. The second-order valence-electron chi connectivity index (χ2n) is 8.38. The first-order chi connectivity index (χ1) is 15.9. The zero-order valence-electron chi connectivity index (χ0n) is 18.2. The lowest BCUT2D eigenvalue weighted by Crippen LogP contribution is -2.21. The van der Waals surface area contributed by atoms with Crippen LogP contribution in [-0.4, -0.2) is 31.0 Å². The average molecular weight is 474 g/mol. The summed E-state index contributed by atoms with van der Waals surface area (Å²) in [7, 11) is 0. The zero-order chi connectivity index (χ0) is 24.7. The normalized spacial score (nSPS) is 12.1. The van der Waals surface area contributed by atoms with Crippen molar-refractivity contribution in [2.24, 2.45) is 0 Å². The van der Waals surface area contributed by atoms with E-state index in [1.807, 2.05) is 20.8 Å². The molecule has 4 rings (SSSR count). The second kappa shape index (κ2) is 8.36. The molecule has 12 heteroatoms. The standard InChI is InChI=1S/C22H18F4N6O2/c1-21(2,3)20-28-18(30-34-20)12-4-8-14(9-5-12)27-19(33)16-17(22(24,25)26)32(31-29-16)15-10-6-13(23)7-11-15/h4-11H,1-3H3,(H,27,33). The molecule has 0 aliphatic rings. The largest absolute Gasteiger partial charge is 0.435 e. The summed E-state index contributed by atoms with van der Waals surface area (Å²) in [5.74, 6) is -0.953. The van der Waals surface area contributed by atoms with Gasteiger partial charge in [-0.2, -0.15) is 18.2 Å². The molecule has 1 amide bonds. The minimum Gasteiger partial charge on any atom is -0.338 e. The molecule has 0 aliphatic heterocycles. The van der Waals surface area contributed by atoms with Gasteiger partial charge in [0.1, 0.15) is 5.82 Å². The zero-order valence-corrected chi connectivity index (χ0v) is 18.2. The molecule has 0 aliphatic carbocycles. The van der Waals surface area contributed by atoms with Crippen molar-refractivity contribution in [1.82, 2.24) is 25.1 Å². The van der Waals surface area contributed by atoms with E-state index in [9.17, 15) is 22.4 Å². The molecule has 34 heavy (non-hydrogen) atoms. The lowest BCUT2D eigenvalue weighted by atomic mass is 9.97. The molecule has 2 aromatic carbocycles. The molecular formula is C22H18F4N6O2. The maximum Gasteiger partial charge on any atom is 0.435 e. The fourth-order valence-corrected chi connectivity index (χ4v) is 2.99. The molecule has 8 nitrogen and oxygen atoms in total. The van der Waals surface area contributed by atoms with Gasteiger partial charge in [-0.1, -0.05) is 31.1 Å². The third-order valence-corrected chi connectivity index (χ3v) is 4.69. The van der Waals surface area contributed by atoms with E-state index in [1.54, 1.807) is 12.1 Å². The number of amides is 1. The number of anilines is 1. The first kappa shape index (κ1) is 23.1. The maximum absolute atomic E-state index is 13.8. The summed E-state index contributed by atoms with van der Waals surface area (Å²) in [5.41, 5.74) is -1.92. The van der Waals surface area contributed by atoms with Gasteiger partial charge in [0.25, 0.3) is 5.91 Å². The number of carbonyl (C=O) groups excluding carboxylic acids is 1. The Labute approximate surface area is 190 Å². The van der Waals surface area contributed by atoms with E-state index in [1.165, 1.54) is 12.1 Å². The monoisotopic (exact) mass is 474 g/mol. The first-order valence-corrected chi connectivity index (χ1v) is 9.98. The number of nitrogens with one attached hydrogen (secondary N) is 1. The highest BCUT2D eigenvalue weighted by Gasteiger charge is 2.42. The fourth-order valence-electron chi connectivity index (χ4n) is 2.99. The summed E-state index contributed by atoms with van der Waals surface area (Å²) in [4.78, 5) is 17.0. The van der Waals surface area contributed by atoms with Crippen LogP contribution in [0.1, 0.15) is 42.8 Å². The van der Waals surface area contributed by atoms with Crippen LogP contribution < -0.4 is 5.32 Å². The van der Waals surface area contributed by atoms with Crippen molar-refractivity contribution in [2.75, 3.05) is 5.32 Å². The number of aromatic nitrogens is 5. The summed E-state index contributed by atoms with van der Waals surface area (Å²) in [6, 6.07) is 10.3. The Morgan fingerprint density at radius 1 is 1.00 bits per heavy atom. The van der Waals surface area contributed by atoms with Crippen molar-refractivity contribution >= 4 is 11.6 Å². The van der Waals surface area contributed by atoms with Crippen LogP contribution in [0.4, 0.5) is 23.2 Å². The molecule has 0 fully saturated rings. The van der Waals surface area contributed by atoms with E-state index in [4.69, 9.17) is 4.52 Å². The maximum atomic E-state index is 13.8. The Kier molecular flexibility index (Phi) is 5.67. The van der Waals surface area contributed by atoms with Gasteiger partial charge in [0.05, 0.1) is 5.69 Å². The predicted molar refractivity (Wildman–Crippen MR) is 113 cm³/mol. The van der Waals surface area contributed by atoms with Crippen molar-refractivity contribution in [3.05, 3.63) is 71.6 Å². The molecule has 0 saturated carbocycles. The van der Waals surface area contributed by atoms with E-state index in [-0.39, 0.29) is 16.8 Å². The molecule has 2 aromatic heterocycles. The number of benzene rings is 2. The van der Waals surface area contributed by atoms with Gasteiger partial charge in [0.2, 0.25) is 11.7 Å². The van der Waals surface area contributed by atoms with Crippen molar-refractivity contribution in [1.29, 1.82) is 0 Å². The number of rotatable bonds is 4. The molecule has 176 valence electrons. The molecule has 0 spiro atoms. The van der Waals surface area contributed by atoms with Crippen LogP contribution in [0.3, 0.4) is 0 Å². The Morgan fingerprint density at radius 3 is 2.21 bits per heavy atom. The van der Waals surface area contributed by atoms with Gasteiger partial charge in [-0.15, -0.1) is 5.10 Å². The molecule has 4 aromatic rings. The molecule has 0 saturated heterocycles. The quantitative estimate of drug-likeness (QED) is 0.417. The summed E-state index contributed by atoms with van der Waals surface area (Å²) >= 11 is 0. The highest BCUT2D eigenvalue weighted by molar-refractivity contribution is 6.03. The first-order valence-electron chi connectivity index (χ1n) is 9.98. The van der Waals surface area contributed by atoms with E-state index >= 15 is 0 Å². The van der Waals surface area contributed by atoms with Crippen molar-refractivity contribution in [3.63, 3.8) is 0 Å². The van der Waals surface area contributed by atoms with Crippen molar-refractivity contribution in [3.8, 4) is 17.1 Å². The number of nitrogens with zero attached hydrogens (tertiary/aromatic N) is 5. The Balaban J connectivity index is 1.58. The van der Waals surface area contributed by atoms with Crippen molar-refractivity contribution < 1.29 is 26.9 Å². The van der Waals surface area contributed by atoms with Gasteiger partial charge < -0.3 is 9.84 Å². The van der Waals surface area contributed by atoms with E-state index in [0.717, 1.165) is 24.3 Å². The molecule has 1 N–H and O–H groups in total. The number of hydrogen-bond donors (Lipinski definition) is 1. The highest BCUT2D eigenvalue weighted by Crippen LogP contribution is 2.33. The van der Waals surface area contributed by atoms with Crippen LogP contribution in [0.15, 0.2) is 53.1 Å². The number of hydrogen-bond acceptors (Lipinski definition) is 6. The molecule has 0 atom stereocenters. The summed E-state index contributed by atoms with van der Waals surface area (Å²) in [6.45, 7) is 5.76. The molecule has 2 heterocycles. The van der Waals surface area contributed by atoms with Crippen LogP contribution in [0.25, 0.3) is 17.1 Å². The van der Waals surface area contributed by atoms with E-state index in [2.05, 4.69) is 25.8 Å². The Morgan fingerprint density at radius 2 is 1.65 bits per heavy atom. The lowest BCUT2D eigenvalue weighted by molar-refractivity contribution is -0.143. The predicted octanol–water partition coefficient (Wildman–Crippen LogP) is 5.03. The van der Waals surface area contributed by atoms with Gasteiger partial charge in [-0.25, -0.2) is 9.07 Å². The van der Waals surface area contributed by atoms with Gasteiger partial charge in [0, 0.05) is 16.7 Å². The minimum absolute atomic E-state index is 0.0978. The minimum atomic E-state index is -4.95. The number of carbonyl (C=O) groups is 1. The smallest absolute Gasteiger partial charge is 0.338 e. The molecule has 0 bridgehead atoms. The van der Waals surface area contributed by atoms with Gasteiger partial charge in [-0.05, 0) is 48.5 Å². The van der Waals surface area contributed by atoms with Gasteiger partial charge in [-0.3, -0.25) is 4.79 Å². The second-order valence-corrected chi connectivity index (χ2v) is 8.38. The number of alkyl halides is 3. The molecule has 0 radical (unpaired) electrons. The van der Waals surface area contributed by atoms with E-state index < -0.39 is 29.3 Å². The third-order valence-electron chi connectivity index (χ3n) is 4.69. The van der Waals surface area contributed by atoms with Crippen LogP contribution in [0, 0.1) is 5.82 Å². The summed E-state index contributed by atoms with van der Waals surface area (Å²) in [6.07, 6.45) is -4.95. The average Bonchev–Trinajstić information content (AvgIpc) is 3.42. The van der Waals surface area contributed by atoms with Crippen LogP contribution in [0.2, 0.25) is 0 Å². The van der Waals surface area contributed by atoms with E-state index in [0.29, 0.717) is 22.0 Å². The Bertz CT molecular complexity index is 1320. The molecular weight excluding hydrogens is 456 g/mol. The topological polar surface area (TPSA) is 98.7 Å². The Hall–Kier alpha value is -4.09. The van der Waals surface area contributed by atoms with Gasteiger partial charge >= 0.3 is 6.18 Å². The SMILES string of the molecule is CC(C)(C)c1nc(-c2ccc(NC(=O)c3nnn(-c4ccc(F)cc4)c3C(F)(F)F)cc2)no1. The fraction of sp³-hybridized carbons (Fsp3) is 0.227. The lowest BCUT2D eigenvalue weighted by Gasteiger charge is -2.11. The summed E-state index contributed by atoms with van der Waals surface area (Å²) in [5, 5.41) is 13.2.